The summed E-state index contributed by atoms with van der Waals surface area (Å²) in [5.74, 6) is 2.18. The van der Waals surface area contributed by atoms with Gasteiger partial charge in [-0.15, -0.1) is 0 Å². The third-order valence-corrected chi connectivity index (χ3v) is 5.19. The summed E-state index contributed by atoms with van der Waals surface area (Å²) in [7, 11) is 0. The number of halogens is 3. The zero-order chi connectivity index (χ0) is 18.8. The molecule has 3 aromatic carbocycles. The highest BCUT2D eigenvalue weighted by Gasteiger charge is 2.19. The molecule has 1 aliphatic heterocycles. The lowest BCUT2D eigenvalue weighted by atomic mass is 10.1. The molecule has 1 aliphatic rings. The second-order valence-electron chi connectivity index (χ2n) is 6.09. The van der Waals surface area contributed by atoms with Crippen LogP contribution in [-0.2, 0) is 6.42 Å². The van der Waals surface area contributed by atoms with Crippen LogP contribution in [0.25, 0.3) is 0 Å². The Labute approximate surface area is 172 Å². The molecule has 0 aliphatic carbocycles. The van der Waals surface area contributed by atoms with Crippen molar-refractivity contribution in [3.8, 4) is 11.5 Å². The Bertz CT molecular complexity index is 1030. The van der Waals surface area contributed by atoms with Crippen LogP contribution in [0.1, 0.15) is 11.1 Å². The first kappa shape index (κ1) is 18.2. The average molecular weight is 418 g/mol. The van der Waals surface area contributed by atoms with Crippen LogP contribution in [0, 0.1) is 0 Å². The molecule has 0 fully saturated rings. The van der Waals surface area contributed by atoms with Gasteiger partial charge < -0.3 is 10.1 Å². The molecular formula is C21H15Cl3N2O. The number of ether oxygens (including phenoxy) is 1. The van der Waals surface area contributed by atoms with E-state index in [1.807, 2.05) is 54.6 Å². The second-order valence-corrected chi connectivity index (χ2v) is 7.34. The summed E-state index contributed by atoms with van der Waals surface area (Å²) in [5.41, 5.74) is 2.76. The molecule has 27 heavy (non-hydrogen) atoms. The largest absolute Gasteiger partial charge is 0.454 e. The monoisotopic (exact) mass is 416 g/mol. The van der Waals surface area contributed by atoms with Gasteiger partial charge >= 0.3 is 0 Å². The Morgan fingerprint density at radius 1 is 0.852 bits per heavy atom. The summed E-state index contributed by atoms with van der Waals surface area (Å²) < 4.78 is 6.05. The first-order valence-corrected chi connectivity index (χ1v) is 9.56. The summed E-state index contributed by atoms with van der Waals surface area (Å²) >= 11 is 18.3. The zero-order valence-corrected chi connectivity index (χ0v) is 16.4. The highest BCUT2D eigenvalue weighted by molar-refractivity contribution is 6.42. The maximum atomic E-state index is 6.20. The van der Waals surface area contributed by atoms with E-state index in [0.29, 0.717) is 27.4 Å². The quantitative estimate of drug-likeness (QED) is 0.505. The molecule has 3 aromatic rings. The molecule has 0 saturated carbocycles. The van der Waals surface area contributed by atoms with Gasteiger partial charge in [0.1, 0.15) is 11.6 Å². The lowest BCUT2D eigenvalue weighted by Crippen LogP contribution is -2.13. The maximum absolute atomic E-state index is 6.20. The van der Waals surface area contributed by atoms with E-state index in [9.17, 15) is 0 Å². The van der Waals surface area contributed by atoms with Crippen molar-refractivity contribution in [2.75, 3.05) is 11.9 Å². The fourth-order valence-electron chi connectivity index (χ4n) is 2.87. The summed E-state index contributed by atoms with van der Waals surface area (Å²) in [4.78, 5) is 4.76. The van der Waals surface area contributed by atoms with Gasteiger partial charge in [0.05, 0.1) is 21.3 Å². The van der Waals surface area contributed by atoms with Gasteiger partial charge in [-0.05, 0) is 54.4 Å². The smallest absolute Gasteiger partial charge is 0.150 e. The Hall–Kier alpha value is -2.20. The molecule has 1 heterocycles. The van der Waals surface area contributed by atoms with Gasteiger partial charge in [-0.3, -0.25) is 4.99 Å². The van der Waals surface area contributed by atoms with E-state index < -0.39 is 0 Å². The molecule has 0 bridgehead atoms. The van der Waals surface area contributed by atoms with Crippen molar-refractivity contribution in [2.45, 2.75) is 6.42 Å². The van der Waals surface area contributed by atoms with Gasteiger partial charge in [-0.1, -0.05) is 53.0 Å². The van der Waals surface area contributed by atoms with Crippen LogP contribution >= 0.6 is 34.8 Å². The van der Waals surface area contributed by atoms with Crippen molar-refractivity contribution in [3.63, 3.8) is 0 Å². The summed E-state index contributed by atoms with van der Waals surface area (Å²) in [5, 5.41) is 5.10. The number of fused-ring (bicyclic) bond motifs is 2. The number of hydrogen-bond donors (Lipinski definition) is 1. The summed E-state index contributed by atoms with van der Waals surface area (Å²) in [6.07, 6.45) is 0.737. The van der Waals surface area contributed by atoms with Crippen LogP contribution in [0.4, 0.5) is 5.69 Å². The molecule has 0 unspecified atom stereocenters. The normalized spacial score (nSPS) is 14.0. The van der Waals surface area contributed by atoms with Crippen LogP contribution in [0.3, 0.4) is 0 Å². The molecule has 0 atom stereocenters. The molecule has 1 N–H and O–H groups in total. The minimum absolute atomic E-state index is 0.550. The van der Waals surface area contributed by atoms with Gasteiger partial charge in [-0.25, -0.2) is 0 Å². The summed E-state index contributed by atoms with van der Waals surface area (Å²) in [6, 6.07) is 18.9. The van der Waals surface area contributed by atoms with Crippen LogP contribution in [0.2, 0.25) is 15.1 Å². The summed E-state index contributed by atoms with van der Waals surface area (Å²) in [6.45, 7) is 0.578. The number of amidine groups is 1. The minimum Gasteiger partial charge on any atom is -0.454 e. The maximum Gasteiger partial charge on any atom is 0.150 e. The number of rotatable bonds is 3. The molecule has 136 valence electrons. The van der Waals surface area contributed by atoms with E-state index in [1.165, 1.54) is 0 Å². The Morgan fingerprint density at radius 3 is 2.56 bits per heavy atom. The number of benzene rings is 3. The highest BCUT2D eigenvalue weighted by atomic mass is 35.5. The van der Waals surface area contributed by atoms with E-state index in [2.05, 4.69) is 5.32 Å². The molecule has 4 rings (SSSR count). The number of anilines is 1. The van der Waals surface area contributed by atoms with Gasteiger partial charge in [-0.2, -0.15) is 0 Å². The number of nitrogens with zero attached hydrogens (tertiary/aromatic N) is 1. The van der Waals surface area contributed by atoms with Crippen LogP contribution in [-0.4, -0.2) is 12.4 Å². The molecule has 3 nitrogen and oxygen atoms in total. The van der Waals surface area contributed by atoms with Crippen molar-refractivity contribution in [1.29, 1.82) is 0 Å². The standard InChI is InChI=1S/C21H15Cl3N2O/c22-14-6-8-19-15(12-14)21(26-18-3-1-2-4-20(18)27-19)25-10-9-13-5-7-16(23)17(24)11-13/h1-8,11-12H,9-10H2,(H,25,26). The second kappa shape index (κ2) is 7.81. The number of nitrogens with one attached hydrogen (secondary N) is 1. The van der Waals surface area contributed by atoms with E-state index in [-0.39, 0.29) is 0 Å². The SMILES string of the molecule is Clc1ccc2c(c1)C(=NCCc1ccc(Cl)c(Cl)c1)Nc1ccccc1O2. The van der Waals surface area contributed by atoms with Crippen molar-refractivity contribution in [3.05, 3.63) is 86.9 Å². The van der Waals surface area contributed by atoms with Crippen molar-refractivity contribution in [1.82, 2.24) is 0 Å². The van der Waals surface area contributed by atoms with E-state index in [0.717, 1.165) is 34.8 Å². The van der Waals surface area contributed by atoms with Gasteiger partial charge in [0.25, 0.3) is 0 Å². The molecular weight excluding hydrogens is 403 g/mol. The Kier molecular flexibility index (Phi) is 5.26. The van der Waals surface area contributed by atoms with Crippen LogP contribution in [0.5, 0.6) is 11.5 Å². The molecule has 0 amide bonds. The Balaban J connectivity index is 1.64. The topological polar surface area (TPSA) is 33.6 Å². The van der Waals surface area contributed by atoms with Crippen LogP contribution < -0.4 is 10.1 Å². The van der Waals surface area contributed by atoms with Crippen LogP contribution in [0.15, 0.2) is 65.7 Å². The van der Waals surface area contributed by atoms with Crippen molar-refractivity contribution < 1.29 is 4.74 Å². The zero-order valence-electron chi connectivity index (χ0n) is 14.2. The Morgan fingerprint density at radius 2 is 1.70 bits per heavy atom. The number of para-hydroxylation sites is 2. The average Bonchev–Trinajstić information content (AvgIpc) is 2.81. The number of aliphatic imine (C=N–C) groups is 1. The third kappa shape index (κ3) is 4.06. The molecule has 0 aromatic heterocycles. The highest BCUT2D eigenvalue weighted by Crippen LogP contribution is 2.36. The third-order valence-electron chi connectivity index (χ3n) is 4.21. The first-order valence-electron chi connectivity index (χ1n) is 8.42. The first-order chi connectivity index (χ1) is 13.1. The fourth-order valence-corrected chi connectivity index (χ4v) is 3.36. The van der Waals surface area contributed by atoms with E-state index in [4.69, 9.17) is 44.5 Å². The fraction of sp³-hybridized carbons (Fsp3) is 0.0952. The van der Waals surface area contributed by atoms with Crippen molar-refractivity contribution in [2.24, 2.45) is 4.99 Å². The molecule has 0 spiro atoms. The molecule has 6 heteroatoms. The van der Waals surface area contributed by atoms with Gasteiger partial charge in [0.15, 0.2) is 5.75 Å². The molecule has 0 saturated heterocycles. The molecule has 0 radical (unpaired) electrons. The number of hydrogen-bond acceptors (Lipinski definition) is 2. The van der Waals surface area contributed by atoms with E-state index >= 15 is 0 Å². The minimum atomic E-state index is 0.550. The lowest BCUT2D eigenvalue weighted by molar-refractivity contribution is 0.486. The van der Waals surface area contributed by atoms with Crippen molar-refractivity contribution >= 4 is 46.3 Å². The predicted molar refractivity (Wildman–Crippen MR) is 113 cm³/mol. The van der Waals surface area contributed by atoms with Gasteiger partial charge in [0.2, 0.25) is 0 Å². The van der Waals surface area contributed by atoms with E-state index in [1.54, 1.807) is 6.07 Å². The predicted octanol–water partition coefficient (Wildman–Crippen LogP) is 6.85. The lowest BCUT2D eigenvalue weighted by Gasteiger charge is -2.09. The van der Waals surface area contributed by atoms with Gasteiger partial charge in [0, 0.05) is 11.6 Å².